The number of anilines is 3. The summed E-state index contributed by atoms with van der Waals surface area (Å²) in [4.78, 5) is 11.7. The predicted octanol–water partition coefficient (Wildman–Crippen LogP) is 6.90. The Morgan fingerprint density at radius 2 is 1.43 bits per heavy atom. The maximum atomic E-state index is 4.85. The lowest BCUT2D eigenvalue weighted by Gasteiger charge is -2.39. The van der Waals surface area contributed by atoms with Crippen molar-refractivity contribution in [1.29, 1.82) is 0 Å². The third-order valence-electron chi connectivity index (χ3n) is 8.41. The number of hydrogen-bond donors (Lipinski definition) is 0. The van der Waals surface area contributed by atoms with Gasteiger partial charge in [0.1, 0.15) is 5.82 Å². The van der Waals surface area contributed by atoms with Gasteiger partial charge in [-0.3, -0.25) is 9.88 Å². The number of nitrogens with zero attached hydrogens (tertiary/aromatic N) is 3. The quantitative estimate of drug-likeness (QED) is 0.253. The van der Waals surface area contributed by atoms with E-state index >= 15 is 0 Å². The lowest BCUT2D eigenvalue weighted by molar-refractivity contribution is 0.971. The first-order chi connectivity index (χ1) is 17.3. The van der Waals surface area contributed by atoms with E-state index in [-0.39, 0.29) is 0 Å². The average Bonchev–Trinajstić information content (AvgIpc) is 3.44. The second kappa shape index (κ2) is 6.25. The van der Waals surface area contributed by atoms with Crippen molar-refractivity contribution in [1.82, 2.24) is 9.97 Å². The van der Waals surface area contributed by atoms with E-state index < -0.39 is 0 Å². The molecule has 5 aromatic rings. The highest BCUT2D eigenvalue weighted by molar-refractivity contribution is 5.95. The molecule has 35 heavy (non-hydrogen) atoms. The molecule has 4 aliphatic rings. The number of aromatic nitrogens is 2. The molecular formula is C32H21N3. The van der Waals surface area contributed by atoms with Crippen LogP contribution in [0.4, 0.5) is 17.2 Å². The lowest BCUT2D eigenvalue weighted by atomic mass is 9.83. The molecule has 0 saturated heterocycles. The van der Waals surface area contributed by atoms with Crippen LogP contribution >= 0.6 is 0 Å². The van der Waals surface area contributed by atoms with Crippen LogP contribution < -0.4 is 4.90 Å². The first-order valence-corrected chi connectivity index (χ1v) is 12.4. The van der Waals surface area contributed by atoms with E-state index in [1.807, 2.05) is 18.6 Å². The molecule has 2 aliphatic heterocycles. The highest BCUT2D eigenvalue weighted by Gasteiger charge is 2.37. The molecule has 0 atom stereocenters. The molecule has 0 saturated carbocycles. The molecule has 0 radical (unpaired) electrons. The van der Waals surface area contributed by atoms with Crippen molar-refractivity contribution in [3.63, 3.8) is 0 Å². The fourth-order valence-corrected chi connectivity index (χ4v) is 7.00. The smallest absolute Gasteiger partial charge is 0.141 e. The van der Waals surface area contributed by atoms with Crippen molar-refractivity contribution in [3.05, 3.63) is 124 Å². The van der Waals surface area contributed by atoms with Gasteiger partial charge in [-0.1, -0.05) is 36.4 Å². The van der Waals surface area contributed by atoms with E-state index in [1.165, 1.54) is 78.1 Å². The van der Waals surface area contributed by atoms with Gasteiger partial charge in [0, 0.05) is 25.2 Å². The van der Waals surface area contributed by atoms with Crippen LogP contribution in [0.2, 0.25) is 0 Å². The molecule has 9 rings (SSSR count). The van der Waals surface area contributed by atoms with Crippen LogP contribution in [0.1, 0.15) is 44.5 Å². The van der Waals surface area contributed by atoms with Gasteiger partial charge in [-0.05, 0) is 104 Å². The molecular weight excluding hydrogens is 426 g/mol. The number of fused-ring (bicyclic) bond motifs is 11. The minimum absolute atomic E-state index is 0.936. The molecule has 0 bridgehead atoms. The van der Waals surface area contributed by atoms with E-state index in [9.17, 15) is 0 Å². The summed E-state index contributed by atoms with van der Waals surface area (Å²) in [5.74, 6) is 1.05. The summed E-state index contributed by atoms with van der Waals surface area (Å²) in [6.07, 6.45) is 9.78. The first kappa shape index (κ1) is 18.1. The van der Waals surface area contributed by atoms with Gasteiger partial charge in [-0.2, -0.15) is 0 Å². The maximum Gasteiger partial charge on any atom is 0.141 e. The Hall–Kier alpha value is -4.24. The zero-order valence-electron chi connectivity index (χ0n) is 19.2. The van der Waals surface area contributed by atoms with Crippen molar-refractivity contribution in [2.24, 2.45) is 0 Å². The molecule has 3 nitrogen and oxygen atoms in total. The van der Waals surface area contributed by atoms with Crippen molar-refractivity contribution in [3.8, 4) is 22.3 Å². The van der Waals surface area contributed by atoms with Gasteiger partial charge in [-0.25, -0.2) is 4.98 Å². The Morgan fingerprint density at radius 1 is 0.600 bits per heavy atom. The maximum absolute atomic E-state index is 4.85. The predicted molar refractivity (Wildman–Crippen MR) is 139 cm³/mol. The van der Waals surface area contributed by atoms with E-state index in [2.05, 4.69) is 70.5 Å². The summed E-state index contributed by atoms with van der Waals surface area (Å²) in [5.41, 5.74) is 19.6. The van der Waals surface area contributed by atoms with E-state index in [0.29, 0.717) is 0 Å². The molecule has 0 fully saturated rings. The topological polar surface area (TPSA) is 29.0 Å². The van der Waals surface area contributed by atoms with Crippen molar-refractivity contribution < 1.29 is 0 Å². The largest absolute Gasteiger partial charge is 0.292 e. The van der Waals surface area contributed by atoms with Crippen molar-refractivity contribution >= 4 is 17.2 Å². The zero-order valence-corrected chi connectivity index (χ0v) is 19.2. The van der Waals surface area contributed by atoms with Crippen LogP contribution in [-0.4, -0.2) is 9.97 Å². The number of benzene rings is 3. The van der Waals surface area contributed by atoms with Crippen LogP contribution in [0.3, 0.4) is 0 Å². The second-order valence-corrected chi connectivity index (χ2v) is 10.3. The van der Waals surface area contributed by atoms with Gasteiger partial charge >= 0.3 is 0 Å². The molecule has 3 aromatic carbocycles. The summed E-state index contributed by atoms with van der Waals surface area (Å²) in [6, 6.07) is 22.8. The minimum atomic E-state index is 0.936. The zero-order chi connectivity index (χ0) is 22.7. The molecule has 0 N–H and O–H groups in total. The molecule has 0 spiro atoms. The molecule has 0 unspecified atom stereocenters. The van der Waals surface area contributed by atoms with Gasteiger partial charge < -0.3 is 0 Å². The monoisotopic (exact) mass is 447 g/mol. The van der Waals surface area contributed by atoms with Gasteiger partial charge in [-0.15, -0.1) is 0 Å². The van der Waals surface area contributed by atoms with Crippen LogP contribution in [0, 0.1) is 0 Å². The second-order valence-electron chi connectivity index (χ2n) is 10.3. The normalized spacial score (nSPS) is 14.9. The van der Waals surface area contributed by atoms with Gasteiger partial charge in [0.15, 0.2) is 0 Å². The number of hydrogen-bond acceptors (Lipinski definition) is 3. The van der Waals surface area contributed by atoms with E-state index in [4.69, 9.17) is 4.98 Å². The number of rotatable bonds is 0. The SMILES string of the molecule is c1ccc2c(c1)Cc1cc3c(cc1-2)Cc1cc2c4c(c1-3)Cc1ccncc1N4c1ncccc1C2. The Morgan fingerprint density at radius 3 is 2.43 bits per heavy atom. The van der Waals surface area contributed by atoms with Crippen molar-refractivity contribution in [2.75, 3.05) is 4.90 Å². The van der Waals surface area contributed by atoms with Gasteiger partial charge in [0.2, 0.25) is 0 Å². The molecule has 2 aromatic heterocycles. The first-order valence-electron chi connectivity index (χ1n) is 12.4. The Balaban J connectivity index is 1.31. The van der Waals surface area contributed by atoms with E-state index in [0.717, 1.165) is 31.5 Å². The number of pyridine rings is 2. The molecule has 4 heterocycles. The van der Waals surface area contributed by atoms with Crippen LogP contribution in [0.15, 0.2) is 79.3 Å². The molecule has 3 heteroatoms. The summed E-state index contributed by atoms with van der Waals surface area (Å²) in [6.45, 7) is 0. The fraction of sp³-hybridized carbons (Fsp3) is 0.125. The van der Waals surface area contributed by atoms with Crippen molar-refractivity contribution in [2.45, 2.75) is 25.7 Å². The Kier molecular flexibility index (Phi) is 3.24. The third-order valence-corrected chi connectivity index (χ3v) is 8.41. The van der Waals surface area contributed by atoms with Gasteiger partial charge in [0.05, 0.1) is 17.6 Å². The summed E-state index contributed by atoms with van der Waals surface area (Å²) >= 11 is 0. The van der Waals surface area contributed by atoms with E-state index in [1.54, 1.807) is 0 Å². The third kappa shape index (κ3) is 2.26. The Labute approximate surface area is 203 Å². The summed E-state index contributed by atoms with van der Waals surface area (Å²) in [7, 11) is 0. The minimum Gasteiger partial charge on any atom is -0.292 e. The van der Waals surface area contributed by atoms with Crippen LogP contribution in [0.25, 0.3) is 22.3 Å². The lowest BCUT2D eigenvalue weighted by Crippen LogP contribution is -2.26. The van der Waals surface area contributed by atoms with Crippen LogP contribution in [-0.2, 0) is 25.7 Å². The Bertz CT molecular complexity index is 1750. The molecule has 164 valence electrons. The molecule has 0 amide bonds. The highest BCUT2D eigenvalue weighted by Crippen LogP contribution is 2.55. The standard InChI is InChI=1S/C32H21N3/c1-2-6-25-18(4-1)10-21-16-27-22(15-26(21)25)12-23-13-24-11-20-5-3-8-34-32(20)35-29-17-33-9-7-19(29)14-28(30(23)27)31(24)35/h1-9,13,15-17H,10-12,14H2. The summed E-state index contributed by atoms with van der Waals surface area (Å²) in [5, 5.41) is 0. The molecule has 2 aliphatic carbocycles. The van der Waals surface area contributed by atoms with Crippen LogP contribution in [0.5, 0.6) is 0 Å². The van der Waals surface area contributed by atoms with Gasteiger partial charge in [0.25, 0.3) is 0 Å². The summed E-state index contributed by atoms with van der Waals surface area (Å²) < 4.78 is 0. The highest BCUT2D eigenvalue weighted by atomic mass is 15.2. The fourth-order valence-electron chi connectivity index (χ4n) is 7.00. The average molecular weight is 448 g/mol.